The van der Waals surface area contributed by atoms with Gasteiger partial charge < -0.3 is 9.88 Å². The third-order valence-corrected chi connectivity index (χ3v) is 5.39. The van der Waals surface area contributed by atoms with Crippen LogP contribution < -0.4 is 10.0 Å². The molecular weight excluding hydrogens is 286 g/mol. The summed E-state index contributed by atoms with van der Waals surface area (Å²) in [5, 5.41) is 12.3. The Morgan fingerprint density at radius 3 is 2.84 bits per heavy atom. The largest absolute Gasteiger partial charge is 0.320 e. The van der Waals surface area contributed by atoms with E-state index >= 15 is 0 Å². The van der Waals surface area contributed by atoms with E-state index in [1.165, 1.54) is 17.7 Å². The Morgan fingerprint density at radius 1 is 1.42 bits per heavy atom. The number of rotatable bonds is 6. The summed E-state index contributed by atoms with van der Waals surface area (Å²) >= 11 is 1.20. The van der Waals surface area contributed by atoms with Crippen molar-refractivity contribution >= 4 is 21.4 Å². The normalized spacial score (nSPS) is 11.9. The number of nitrogens with zero attached hydrogens (tertiary/aromatic N) is 3. The maximum absolute atomic E-state index is 12.1. The van der Waals surface area contributed by atoms with Gasteiger partial charge in [0.2, 0.25) is 10.0 Å². The van der Waals surface area contributed by atoms with Crippen molar-refractivity contribution < 1.29 is 8.42 Å². The molecule has 0 fully saturated rings. The molecule has 19 heavy (non-hydrogen) atoms. The zero-order chi connectivity index (χ0) is 13.9. The number of hydrogen-bond donors (Lipinski definition) is 2. The topological polar surface area (TPSA) is 88.9 Å². The maximum atomic E-state index is 12.1. The Morgan fingerprint density at radius 2 is 2.21 bits per heavy atom. The molecule has 0 aromatic carbocycles. The molecule has 9 heteroatoms. The number of thiophene rings is 1. The molecule has 0 spiro atoms. The molecular formula is C10H15N5O2S2. The fourth-order valence-corrected chi connectivity index (χ4v) is 3.72. The van der Waals surface area contributed by atoms with E-state index in [1.807, 2.05) is 12.4 Å². The predicted octanol–water partition coefficient (Wildman–Crippen LogP) is 0.0745. The molecule has 0 unspecified atom stereocenters. The summed E-state index contributed by atoms with van der Waals surface area (Å²) in [7, 11) is 0.0903. The van der Waals surface area contributed by atoms with E-state index in [4.69, 9.17) is 0 Å². The molecule has 104 valence electrons. The maximum Gasteiger partial charge on any atom is 0.250 e. The van der Waals surface area contributed by atoms with Gasteiger partial charge >= 0.3 is 0 Å². The molecule has 0 saturated heterocycles. The molecule has 2 N–H and O–H groups in total. The van der Waals surface area contributed by atoms with Gasteiger partial charge in [-0.1, -0.05) is 0 Å². The molecule has 0 aliphatic carbocycles. The fourth-order valence-electron chi connectivity index (χ4n) is 1.49. The second kappa shape index (κ2) is 5.78. The van der Waals surface area contributed by atoms with Crippen LogP contribution in [0, 0.1) is 0 Å². The lowest BCUT2D eigenvalue weighted by Gasteiger charge is -2.03. The summed E-state index contributed by atoms with van der Waals surface area (Å²) in [6.07, 6.45) is 1.53. The highest BCUT2D eigenvalue weighted by atomic mass is 32.2. The summed E-state index contributed by atoms with van der Waals surface area (Å²) < 4.78 is 28.6. The van der Waals surface area contributed by atoms with Gasteiger partial charge in [-0.2, -0.15) is 0 Å². The third kappa shape index (κ3) is 3.38. The molecule has 0 aliphatic rings. The van der Waals surface area contributed by atoms with E-state index < -0.39 is 10.0 Å². The number of nitrogens with one attached hydrogen (secondary N) is 2. The van der Waals surface area contributed by atoms with Crippen LogP contribution in [0.25, 0.3) is 0 Å². The van der Waals surface area contributed by atoms with Crippen LogP contribution in [-0.2, 0) is 30.2 Å². The SMILES string of the molecule is CNCc1csc(S(=O)(=O)NCc2nncn2C)c1. The summed E-state index contributed by atoms with van der Waals surface area (Å²) in [5.74, 6) is 0.565. The number of aryl methyl sites for hydroxylation is 1. The average Bonchev–Trinajstić information content (AvgIpc) is 2.97. The van der Waals surface area contributed by atoms with Crippen molar-refractivity contribution in [1.29, 1.82) is 0 Å². The summed E-state index contributed by atoms with van der Waals surface area (Å²) in [5.41, 5.74) is 0.950. The average molecular weight is 301 g/mol. The minimum atomic E-state index is -3.49. The van der Waals surface area contributed by atoms with Crippen LogP contribution in [0.1, 0.15) is 11.4 Å². The minimum Gasteiger partial charge on any atom is -0.320 e. The highest BCUT2D eigenvalue weighted by molar-refractivity contribution is 7.91. The van der Waals surface area contributed by atoms with Crippen molar-refractivity contribution in [2.75, 3.05) is 7.05 Å². The third-order valence-electron chi connectivity index (χ3n) is 2.50. The first-order chi connectivity index (χ1) is 9.03. The van der Waals surface area contributed by atoms with E-state index in [2.05, 4.69) is 20.2 Å². The minimum absolute atomic E-state index is 0.123. The molecule has 0 radical (unpaired) electrons. The van der Waals surface area contributed by atoms with Crippen molar-refractivity contribution in [3.63, 3.8) is 0 Å². The molecule has 2 heterocycles. The molecule has 0 aliphatic heterocycles. The van der Waals surface area contributed by atoms with Crippen LogP contribution in [0.5, 0.6) is 0 Å². The predicted molar refractivity (Wildman–Crippen MR) is 72.1 cm³/mol. The Bertz CT molecular complexity index is 646. The van der Waals surface area contributed by atoms with Gasteiger partial charge in [0.05, 0.1) is 6.54 Å². The smallest absolute Gasteiger partial charge is 0.250 e. The van der Waals surface area contributed by atoms with Crippen molar-refractivity contribution in [1.82, 2.24) is 24.8 Å². The fraction of sp³-hybridized carbons (Fsp3) is 0.400. The lowest BCUT2D eigenvalue weighted by molar-refractivity contribution is 0.579. The first-order valence-corrected chi connectivity index (χ1v) is 7.94. The molecule has 0 amide bonds. The van der Waals surface area contributed by atoms with Gasteiger partial charge in [0, 0.05) is 13.6 Å². The van der Waals surface area contributed by atoms with Gasteiger partial charge in [-0.15, -0.1) is 21.5 Å². The summed E-state index contributed by atoms with van der Waals surface area (Å²) in [4.78, 5) is 0. The van der Waals surface area contributed by atoms with E-state index in [9.17, 15) is 8.42 Å². The van der Waals surface area contributed by atoms with Crippen LogP contribution in [0.4, 0.5) is 0 Å². The summed E-state index contributed by atoms with van der Waals surface area (Å²) in [6.45, 7) is 0.771. The van der Waals surface area contributed by atoms with Crippen molar-refractivity contribution in [2.24, 2.45) is 7.05 Å². The van der Waals surface area contributed by atoms with E-state index in [0.717, 1.165) is 5.56 Å². The van der Waals surface area contributed by atoms with Gasteiger partial charge in [-0.25, -0.2) is 13.1 Å². The second-order valence-electron chi connectivity index (χ2n) is 3.99. The number of sulfonamides is 1. The molecule has 0 bridgehead atoms. The molecule has 2 rings (SSSR count). The van der Waals surface area contributed by atoms with Gasteiger partial charge in [0.1, 0.15) is 16.4 Å². The van der Waals surface area contributed by atoms with E-state index in [0.29, 0.717) is 16.6 Å². The standard InChI is InChI=1S/C10H15N5O2S2/c1-11-4-8-3-10(18-6-8)19(16,17)13-5-9-14-12-7-15(9)2/h3,6-7,11,13H,4-5H2,1-2H3. The van der Waals surface area contributed by atoms with Crippen molar-refractivity contribution in [3.8, 4) is 0 Å². The highest BCUT2D eigenvalue weighted by Gasteiger charge is 2.17. The Hall–Kier alpha value is -1.29. The Balaban J connectivity index is 2.07. The molecule has 2 aromatic heterocycles. The van der Waals surface area contributed by atoms with E-state index in [1.54, 1.807) is 17.7 Å². The van der Waals surface area contributed by atoms with Crippen LogP contribution in [-0.4, -0.2) is 30.2 Å². The van der Waals surface area contributed by atoms with E-state index in [-0.39, 0.29) is 6.54 Å². The quantitative estimate of drug-likeness (QED) is 0.788. The zero-order valence-electron chi connectivity index (χ0n) is 10.6. The highest BCUT2D eigenvalue weighted by Crippen LogP contribution is 2.20. The Labute approximate surface area is 115 Å². The Kier molecular flexibility index (Phi) is 4.30. The molecule has 0 atom stereocenters. The van der Waals surface area contributed by atoms with Crippen LogP contribution >= 0.6 is 11.3 Å². The summed E-state index contributed by atoms with van der Waals surface area (Å²) in [6, 6.07) is 1.67. The first-order valence-electron chi connectivity index (χ1n) is 5.57. The van der Waals surface area contributed by atoms with Gasteiger partial charge in [-0.3, -0.25) is 0 Å². The molecule has 2 aromatic rings. The number of hydrogen-bond acceptors (Lipinski definition) is 6. The number of aromatic nitrogens is 3. The van der Waals surface area contributed by atoms with Gasteiger partial charge in [0.15, 0.2) is 0 Å². The molecule has 0 saturated carbocycles. The second-order valence-corrected chi connectivity index (χ2v) is 6.89. The monoisotopic (exact) mass is 301 g/mol. The lowest BCUT2D eigenvalue weighted by atomic mass is 10.3. The van der Waals surface area contributed by atoms with Crippen LogP contribution in [0.15, 0.2) is 22.0 Å². The van der Waals surface area contributed by atoms with Crippen LogP contribution in [0.3, 0.4) is 0 Å². The van der Waals surface area contributed by atoms with Crippen molar-refractivity contribution in [2.45, 2.75) is 17.3 Å². The first kappa shape index (κ1) is 14.1. The van der Waals surface area contributed by atoms with Gasteiger partial charge in [0.25, 0.3) is 0 Å². The molecule has 7 nitrogen and oxygen atoms in total. The lowest BCUT2D eigenvalue weighted by Crippen LogP contribution is -2.24. The zero-order valence-corrected chi connectivity index (χ0v) is 12.3. The van der Waals surface area contributed by atoms with Crippen molar-refractivity contribution in [3.05, 3.63) is 29.2 Å². The van der Waals surface area contributed by atoms with Crippen LogP contribution in [0.2, 0.25) is 0 Å². The van der Waals surface area contributed by atoms with Gasteiger partial charge in [-0.05, 0) is 24.1 Å².